The molecule has 7 nitrogen and oxygen atoms in total. The van der Waals surface area contributed by atoms with Crippen molar-refractivity contribution in [2.24, 2.45) is 0 Å². The van der Waals surface area contributed by atoms with Crippen molar-refractivity contribution in [3.8, 4) is 0 Å². The molecule has 3 aromatic rings. The highest BCUT2D eigenvalue weighted by atomic mass is 32.2. The maximum Gasteiger partial charge on any atom is 0.264 e. The van der Waals surface area contributed by atoms with Crippen molar-refractivity contribution in [2.45, 2.75) is 76.3 Å². The highest BCUT2D eigenvalue weighted by Gasteiger charge is 2.34. The molecule has 0 heterocycles. The number of nitrogens with zero attached hydrogens (tertiary/aromatic N) is 2. The Balaban J connectivity index is 1.69. The second kappa shape index (κ2) is 13.8. The summed E-state index contributed by atoms with van der Waals surface area (Å²) in [4.78, 5) is 29.4. The summed E-state index contributed by atoms with van der Waals surface area (Å²) >= 11 is 0. The van der Waals surface area contributed by atoms with Crippen LogP contribution in [0.3, 0.4) is 0 Å². The standard InChI is InChI=1S/C33H41N3O4S/c1-4-30(33(38)34-28-15-11-12-16-28)35(22-21-27-13-7-5-8-14-27)32(37)24-36(31-20-19-25(2)23-26(31)3)41(39,40)29-17-9-6-10-18-29/h5-10,13-14,17-20,23,28,30H,4,11-12,15-16,21-22,24H2,1-3H3,(H,34,38)/t30-/m0/s1. The van der Waals surface area contributed by atoms with Crippen molar-refractivity contribution in [1.82, 2.24) is 10.2 Å². The van der Waals surface area contributed by atoms with Crippen molar-refractivity contribution in [3.05, 3.63) is 95.6 Å². The number of rotatable bonds is 12. The molecule has 0 saturated heterocycles. The Kier molecular flexibility index (Phi) is 10.2. The quantitative estimate of drug-likeness (QED) is 0.313. The lowest BCUT2D eigenvalue weighted by atomic mass is 10.1. The summed E-state index contributed by atoms with van der Waals surface area (Å²) in [5.74, 6) is -0.585. The van der Waals surface area contributed by atoms with Crippen molar-refractivity contribution in [2.75, 3.05) is 17.4 Å². The van der Waals surface area contributed by atoms with Crippen molar-refractivity contribution in [3.63, 3.8) is 0 Å². The fraction of sp³-hybridized carbons (Fsp3) is 0.394. The van der Waals surface area contributed by atoms with Crippen LogP contribution in [0.1, 0.15) is 55.7 Å². The van der Waals surface area contributed by atoms with Crippen LogP contribution in [0, 0.1) is 13.8 Å². The smallest absolute Gasteiger partial charge is 0.264 e. The van der Waals surface area contributed by atoms with E-state index in [1.165, 1.54) is 16.4 Å². The highest BCUT2D eigenvalue weighted by Crippen LogP contribution is 2.28. The monoisotopic (exact) mass is 575 g/mol. The SMILES string of the molecule is CC[C@@H](C(=O)NC1CCCC1)N(CCc1ccccc1)C(=O)CN(c1ccc(C)cc1C)S(=O)(=O)c1ccccc1. The number of sulfonamides is 1. The summed E-state index contributed by atoms with van der Waals surface area (Å²) in [6.07, 6.45) is 5.02. The molecule has 1 aliphatic rings. The first-order valence-electron chi connectivity index (χ1n) is 14.5. The second-order valence-corrected chi connectivity index (χ2v) is 12.7. The Morgan fingerprint density at radius 2 is 1.56 bits per heavy atom. The summed E-state index contributed by atoms with van der Waals surface area (Å²) in [5, 5.41) is 3.16. The fourth-order valence-electron chi connectivity index (χ4n) is 5.58. The second-order valence-electron chi connectivity index (χ2n) is 10.9. The van der Waals surface area contributed by atoms with Crippen LogP contribution < -0.4 is 9.62 Å². The Hall–Kier alpha value is -3.65. The zero-order chi connectivity index (χ0) is 29.4. The minimum absolute atomic E-state index is 0.106. The Labute approximate surface area is 244 Å². The van der Waals surface area contributed by atoms with E-state index in [1.54, 1.807) is 29.2 Å². The topological polar surface area (TPSA) is 86.8 Å². The van der Waals surface area contributed by atoms with Crippen LogP contribution in [0.15, 0.2) is 83.8 Å². The maximum absolute atomic E-state index is 14.2. The molecule has 1 aliphatic carbocycles. The number of hydrogen-bond acceptors (Lipinski definition) is 4. The Morgan fingerprint density at radius 1 is 0.927 bits per heavy atom. The molecule has 218 valence electrons. The van der Waals surface area contributed by atoms with Crippen LogP contribution in [-0.2, 0) is 26.0 Å². The molecule has 2 amide bonds. The first-order valence-corrected chi connectivity index (χ1v) is 15.9. The van der Waals surface area contributed by atoms with Crippen molar-refractivity contribution >= 4 is 27.5 Å². The normalized spacial score (nSPS) is 14.4. The van der Waals surface area contributed by atoms with Gasteiger partial charge >= 0.3 is 0 Å². The molecule has 41 heavy (non-hydrogen) atoms. The molecular formula is C33H41N3O4S. The number of benzene rings is 3. The van der Waals surface area contributed by atoms with Crippen LogP contribution in [0.4, 0.5) is 5.69 Å². The third-order valence-corrected chi connectivity index (χ3v) is 9.58. The molecule has 1 saturated carbocycles. The van der Waals surface area contributed by atoms with E-state index in [0.29, 0.717) is 25.1 Å². The summed E-state index contributed by atoms with van der Waals surface area (Å²) < 4.78 is 29.2. The van der Waals surface area contributed by atoms with Crippen LogP contribution in [0.5, 0.6) is 0 Å². The van der Waals surface area contributed by atoms with Gasteiger partial charge in [0.1, 0.15) is 12.6 Å². The van der Waals surface area contributed by atoms with Gasteiger partial charge < -0.3 is 10.2 Å². The molecule has 0 aliphatic heterocycles. The average molecular weight is 576 g/mol. The molecule has 4 rings (SSSR count). The molecule has 0 aromatic heterocycles. The Bertz CT molecular complexity index is 1420. The summed E-state index contributed by atoms with van der Waals surface area (Å²) in [6.45, 7) is 5.56. The first-order chi connectivity index (χ1) is 19.7. The molecule has 1 fully saturated rings. The Morgan fingerprint density at radius 3 is 2.17 bits per heavy atom. The minimum atomic E-state index is -4.07. The number of anilines is 1. The minimum Gasteiger partial charge on any atom is -0.352 e. The molecule has 1 N–H and O–H groups in total. The van der Waals surface area contributed by atoms with Crippen LogP contribution in [0.2, 0.25) is 0 Å². The number of hydrogen-bond donors (Lipinski definition) is 1. The van der Waals surface area contributed by atoms with Gasteiger partial charge in [-0.1, -0.05) is 86.0 Å². The van der Waals surface area contributed by atoms with Gasteiger partial charge in [0.2, 0.25) is 11.8 Å². The van der Waals surface area contributed by atoms with Gasteiger partial charge in [0.05, 0.1) is 10.6 Å². The fourth-order valence-corrected chi connectivity index (χ4v) is 7.08. The number of amides is 2. The van der Waals surface area contributed by atoms with Gasteiger partial charge in [-0.15, -0.1) is 0 Å². The zero-order valence-electron chi connectivity index (χ0n) is 24.3. The van der Waals surface area contributed by atoms with Gasteiger partial charge in [0.25, 0.3) is 10.0 Å². The molecule has 8 heteroatoms. The predicted molar refractivity (Wildman–Crippen MR) is 163 cm³/mol. The number of carbonyl (C=O) groups is 2. The number of carbonyl (C=O) groups excluding carboxylic acids is 2. The van der Waals surface area contributed by atoms with E-state index < -0.39 is 28.5 Å². The summed E-state index contributed by atoms with van der Waals surface area (Å²) in [6, 6.07) is 22.9. The zero-order valence-corrected chi connectivity index (χ0v) is 25.1. The lowest BCUT2D eigenvalue weighted by molar-refractivity contribution is -0.139. The molecule has 0 spiro atoms. The molecule has 0 unspecified atom stereocenters. The summed E-state index contributed by atoms with van der Waals surface area (Å²) in [7, 11) is -4.07. The van der Waals surface area contributed by atoms with Gasteiger partial charge in [0.15, 0.2) is 0 Å². The van der Waals surface area contributed by atoms with E-state index in [4.69, 9.17) is 0 Å². The maximum atomic E-state index is 14.2. The van der Waals surface area contributed by atoms with Crippen molar-refractivity contribution < 1.29 is 18.0 Å². The van der Waals surface area contributed by atoms with Crippen LogP contribution in [0.25, 0.3) is 0 Å². The lowest BCUT2D eigenvalue weighted by Crippen LogP contribution is -2.54. The lowest BCUT2D eigenvalue weighted by Gasteiger charge is -2.34. The molecule has 0 radical (unpaired) electrons. The van der Waals surface area contributed by atoms with Gasteiger partial charge in [0, 0.05) is 12.6 Å². The molecule has 3 aromatic carbocycles. The van der Waals surface area contributed by atoms with E-state index in [1.807, 2.05) is 63.2 Å². The van der Waals surface area contributed by atoms with Crippen LogP contribution in [-0.4, -0.2) is 50.3 Å². The molecule has 1 atom stereocenters. The van der Waals surface area contributed by atoms with Gasteiger partial charge in [-0.05, 0) is 68.9 Å². The summed E-state index contributed by atoms with van der Waals surface area (Å²) in [5.41, 5.74) is 3.23. The molecular weight excluding hydrogens is 534 g/mol. The van der Waals surface area contributed by atoms with E-state index in [-0.39, 0.29) is 16.8 Å². The van der Waals surface area contributed by atoms with Gasteiger partial charge in [-0.25, -0.2) is 8.42 Å². The number of aryl methyl sites for hydroxylation is 2. The van der Waals surface area contributed by atoms with Crippen molar-refractivity contribution in [1.29, 1.82) is 0 Å². The predicted octanol–water partition coefficient (Wildman–Crippen LogP) is 5.41. The van der Waals surface area contributed by atoms with Gasteiger partial charge in [-0.2, -0.15) is 0 Å². The van der Waals surface area contributed by atoms with Crippen LogP contribution >= 0.6 is 0 Å². The van der Waals surface area contributed by atoms with E-state index >= 15 is 0 Å². The average Bonchev–Trinajstić information content (AvgIpc) is 3.48. The first kappa shape index (κ1) is 30.3. The van der Waals surface area contributed by atoms with E-state index in [2.05, 4.69) is 5.32 Å². The molecule has 0 bridgehead atoms. The van der Waals surface area contributed by atoms with E-state index in [9.17, 15) is 18.0 Å². The van der Waals surface area contributed by atoms with E-state index in [0.717, 1.165) is 42.4 Å². The number of nitrogens with one attached hydrogen (secondary N) is 1. The highest BCUT2D eigenvalue weighted by molar-refractivity contribution is 7.92. The van der Waals surface area contributed by atoms with Gasteiger partial charge in [-0.3, -0.25) is 13.9 Å². The third kappa shape index (κ3) is 7.55. The largest absolute Gasteiger partial charge is 0.352 e. The third-order valence-electron chi connectivity index (χ3n) is 7.80.